The topological polar surface area (TPSA) is 60.9 Å². The molecule has 0 amide bonds. The number of hydrogen-bond donors (Lipinski definition) is 1. The van der Waals surface area contributed by atoms with Crippen molar-refractivity contribution in [3.8, 4) is 5.75 Å². The summed E-state index contributed by atoms with van der Waals surface area (Å²) in [4.78, 5) is 2.50. The average molecular weight is 461 g/mol. The molecule has 1 aliphatic rings. The lowest BCUT2D eigenvalue weighted by molar-refractivity contribution is 0.180. The summed E-state index contributed by atoms with van der Waals surface area (Å²) >= 11 is 3.34. The Kier molecular flexibility index (Phi) is 5.42. The average Bonchev–Trinajstić information content (AvgIpc) is 2.70. The van der Waals surface area contributed by atoms with Crippen LogP contribution in [0.5, 0.6) is 5.75 Å². The van der Waals surface area contributed by atoms with Gasteiger partial charge in [0, 0.05) is 42.8 Å². The molecule has 1 saturated heterocycles. The van der Waals surface area contributed by atoms with E-state index in [1.807, 2.05) is 36.4 Å². The number of piperazine rings is 1. The second-order valence-corrected chi connectivity index (χ2v) is 9.78. The lowest BCUT2D eigenvalue weighted by Gasteiger charge is -2.34. The van der Waals surface area contributed by atoms with E-state index in [-0.39, 0.29) is 5.75 Å². The number of benzene rings is 3. The van der Waals surface area contributed by atoms with Crippen molar-refractivity contribution in [1.82, 2.24) is 9.21 Å². The lowest BCUT2D eigenvalue weighted by atomic mass is 10.0. The van der Waals surface area contributed by atoms with Gasteiger partial charge in [-0.2, -0.15) is 4.31 Å². The highest BCUT2D eigenvalue weighted by Crippen LogP contribution is 2.29. The van der Waals surface area contributed by atoms with E-state index in [0.717, 1.165) is 20.8 Å². The van der Waals surface area contributed by atoms with E-state index in [9.17, 15) is 13.5 Å². The molecular weight excluding hydrogens is 440 g/mol. The van der Waals surface area contributed by atoms with Crippen LogP contribution in [0.4, 0.5) is 0 Å². The molecule has 0 bridgehead atoms. The summed E-state index contributed by atoms with van der Waals surface area (Å²) in [6.07, 6.45) is 0. The van der Waals surface area contributed by atoms with Crippen LogP contribution in [0.3, 0.4) is 0 Å². The van der Waals surface area contributed by atoms with Crippen molar-refractivity contribution in [2.45, 2.75) is 11.4 Å². The third kappa shape index (κ3) is 3.80. The molecule has 1 fully saturated rings. The first-order valence-corrected chi connectivity index (χ1v) is 11.4. The van der Waals surface area contributed by atoms with Gasteiger partial charge in [0.2, 0.25) is 10.0 Å². The standard InChI is InChI=1S/C21H21BrN2O3S/c22-17-5-3-6-18(14-17)28(26,27)24-12-10-23(11-13-24)15-20-19-7-2-1-4-16(19)8-9-21(20)25/h1-9,14,25H,10-13,15H2. The number of phenolic OH excluding ortho intramolecular Hbond substituents is 1. The number of sulfonamides is 1. The number of halogens is 1. The number of hydrogen-bond acceptors (Lipinski definition) is 4. The van der Waals surface area contributed by atoms with Crippen LogP contribution in [-0.4, -0.2) is 48.9 Å². The summed E-state index contributed by atoms with van der Waals surface area (Å²) in [7, 11) is -3.50. The Bertz CT molecular complexity index is 1110. The summed E-state index contributed by atoms with van der Waals surface area (Å²) in [6.45, 7) is 2.70. The van der Waals surface area contributed by atoms with Crippen LogP contribution < -0.4 is 0 Å². The van der Waals surface area contributed by atoms with Crippen molar-refractivity contribution in [2.75, 3.05) is 26.2 Å². The molecule has 0 saturated carbocycles. The normalized spacial score (nSPS) is 16.5. The Morgan fingerprint density at radius 1 is 0.929 bits per heavy atom. The summed E-state index contributed by atoms with van der Waals surface area (Å²) in [5.41, 5.74) is 0.890. The zero-order chi connectivity index (χ0) is 19.7. The zero-order valence-corrected chi connectivity index (χ0v) is 17.7. The minimum atomic E-state index is -3.50. The maximum Gasteiger partial charge on any atom is 0.243 e. The molecule has 0 aromatic heterocycles. The van der Waals surface area contributed by atoms with Gasteiger partial charge in [-0.3, -0.25) is 4.90 Å². The van der Waals surface area contributed by atoms with Gasteiger partial charge in [-0.1, -0.05) is 52.3 Å². The molecule has 1 aliphatic heterocycles. The maximum atomic E-state index is 12.9. The fraction of sp³-hybridized carbons (Fsp3) is 0.238. The van der Waals surface area contributed by atoms with Crippen LogP contribution in [0.1, 0.15) is 5.56 Å². The van der Waals surface area contributed by atoms with E-state index < -0.39 is 10.0 Å². The van der Waals surface area contributed by atoms with Gasteiger partial charge >= 0.3 is 0 Å². The molecule has 146 valence electrons. The molecule has 0 aliphatic carbocycles. The summed E-state index contributed by atoms with van der Waals surface area (Å²) in [5.74, 6) is 0.280. The predicted octanol–water partition coefficient (Wildman–Crippen LogP) is 3.81. The molecule has 0 radical (unpaired) electrons. The molecule has 0 unspecified atom stereocenters. The van der Waals surface area contributed by atoms with Gasteiger partial charge in [-0.25, -0.2) is 8.42 Å². The van der Waals surface area contributed by atoms with E-state index in [4.69, 9.17) is 0 Å². The van der Waals surface area contributed by atoms with E-state index in [1.54, 1.807) is 24.3 Å². The predicted molar refractivity (Wildman–Crippen MR) is 114 cm³/mol. The van der Waals surface area contributed by atoms with Gasteiger partial charge in [-0.05, 0) is 35.0 Å². The molecule has 3 aromatic carbocycles. The Morgan fingerprint density at radius 3 is 2.43 bits per heavy atom. The van der Waals surface area contributed by atoms with Gasteiger partial charge in [0.1, 0.15) is 5.75 Å². The minimum Gasteiger partial charge on any atom is -0.508 e. The highest BCUT2D eigenvalue weighted by Gasteiger charge is 2.29. The zero-order valence-electron chi connectivity index (χ0n) is 15.3. The van der Waals surface area contributed by atoms with Crippen LogP contribution in [0.15, 0.2) is 70.0 Å². The van der Waals surface area contributed by atoms with Crippen LogP contribution in [-0.2, 0) is 16.6 Å². The molecule has 5 nitrogen and oxygen atoms in total. The molecule has 7 heteroatoms. The summed E-state index contributed by atoms with van der Waals surface area (Å²) in [6, 6.07) is 18.4. The smallest absolute Gasteiger partial charge is 0.243 e. The van der Waals surface area contributed by atoms with Crippen molar-refractivity contribution in [3.05, 3.63) is 70.7 Å². The maximum absolute atomic E-state index is 12.9. The minimum absolute atomic E-state index is 0.280. The molecule has 28 heavy (non-hydrogen) atoms. The van der Waals surface area contributed by atoms with Crippen molar-refractivity contribution < 1.29 is 13.5 Å². The Labute approximate surface area is 173 Å². The summed E-state index contributed by atoms with van der Waals surface area (Å²) in [5, 5.41) is 12.5. The highest BCUT2D eigenvalue weighted by molar-refractivity contribution is 9.10. The first-order valence-electron chi connectivity index (χ1n) is 9.13. The number of phenols is 1. The van der Waals surface area contributed by atoms with Gasteiger partial charge in [0.15, 0.2) is 0 Å². The molecule has 4 rings (SSSR count). The van der Waals surface area contributed by atoms with E-state index in [1.165, 1.54) is 4.31 Å². The quantitative estimate of drug-likeness (QED) is 0.642. The lowest BCUT2D eigenvalue weighted by Crippen LogP contribution is -2.48. The SMILES string of the molecule is O=S(=O)(c1cccc(Br)c1)N1CCN(Cc2c(O)ccc3ccccc23)CC1. The van der Waals surface area contributed by atoms with Gasteiger partial charge in [0.25, 0.3) is 0 Å². The van der Waals surface area contributed by atoms with E-state index >= 15 is 0 Å². The van der Waals surface area contributed by atoms with Gasteiger partial charge in [0.05, 0.1) is 4.90 Å². The number of fused-ring (bicyclic) bond motifs is 1. The van der Waals surface area contributed by atoms with Gasteiger partial charge < -0.3 is 5.11 Å². The van der Waals surface area contributed by atoms with Crippen molar-refractivity contribution >= 4 is 36.7 Å². The Balaban J connectivity index is 1.49. The van der Waals surface area contributed by atoms with Gasteiger partial charge in [-0.15, -0.1) is 0 Å². The Hall–Kier alpha value is -1.93. The molecular formula is C21H21BrN2O3S. The number of aromatic hydroxyl groups is 1. The van der Waals surface area contributed by atoms with Crippen LogP contribution in [0.25, 0.3) is 10.8 Å². The first-order chi connectivity index (χ1) is 13.4. The first kappa shape index (κ1) is 19.4. The molecule has 3 aromatic rings. The second-order valence-electron chi connectivity index (χ2n) is 6.92. The van der Waals surface area contributed by atoms with E-state index in [0.29, 0.717) is 37.6 Å². The molecule has 1 N–H and O–H groups in total. The fourth-order valence-electron chi connectivity index (χ4n) is 3.62. The monoisotopic (exact) mass is 460 g/mol. The third-order valence-electron chi connectivity index (χ3n) is 5.16. The van der Waals surface area contributed by atoms with E-state index in [2.05, 4.69) is 20.8 Å². The molecule has 0 spiro atoms. The second kappa shape index (κ2) is 7.83. The van der Waals surface area contributed by atoms with Crippen LogP contribution in [0.2, 0.25) is 0 Å². The molecule has 1 heterocycles. The highest BCUT2D eigenvalue weighted by atomic mass is 79.9. The fourth-order valence-corrected chi connectivity index (χ4v) is 5.64. The number of rotatable bonds is 4. The molecule has 0 atom stereocenters. The van der Waals surface area contributed by atoms with Crippen molar-refractivity contribution in [3.63, 3.8) is 0 Å². The third-order valence-corrected chi connectivity index (χ3v) is 7.55. The van der Waals surface area contributed by atoms with Crippen molar-refractivity contribution in [1.29, 1.82) is 0 Å². The Morgan fingerprint density at radius 2 is 1.68 bits per heavy atom. The number of nitrogens with zero attached hydrogens (tertiary/aromatic N) is 2. The summed E-state index contributed by atoms with van der Waals surface area (Å²) < 4.78 is 28.0. The van der Waals surface area contributed by atoms with Crippen molar-refractivity contribution in [2.24, 2.45) is 0 Å². The van der Waals surface area contributed by atoms with Crippen LogP contribution >= 0.6 is 15.9 Å². The largest absolute Gasteiger partial charge is 0.508 e. The van der Waals surface area contributed by atoms with Crippen LogP contribution in [0, 0.1) is 0 Å².